The molecular formula is C16H16N4O2S2. The van der Waals surface area contributed by atoms with Crippen molar-refractivity contribution in [1.82, 2.24) is 9.97 Å². The van der Waals surface area contributed by atoms with Crippen LogP contribution in [0.2, 0.25) is 0 Å². The van der Waals surface area contributed by atoms with Gasteiger partial charge in [0.1, 0.15) is 4.75 Å². The van der Waals surface area contributed by atoms with Crippen molar-refractivity contribution >= 4 is 42.8 Å². The number of nitrogens with one attached hydrogen (secondary N) is 1. The van der Waals surface area contributed by atoms with E-state index in [-0.39, 0.29) is 19.4 Å². The third kappa shape index (κ3) is 3.44. The number of primary amides is 1. The lowest BCUT2D eigenvalue weighted by molar-refractivity contribution is -0.120. The van der Waals surface area contributed by atoms with Gasteiger partial charge in [0, 0.05) is 12.4 Å². The van der Waals surface area contributed by atoms with E-state index in [0.717, 1.165) is 11.8 Å². The van der Waals surface area contributed by atoms with Gasteiger partial charge in [0.2, 0.25) is 5.91 Å². The molecule has 2 aromatic heterocycles. The summed E-state index contributed by atoms with van der Waals surface area (Å²) in [4.78, 5) is 33.0. The van der Waals surface area contributed by atoms with Crippen LogP contribution in [0.3, 0.4) is 0 Å². The Morgan fingerprint density at radius 2 is 2.04 bits per heavy atom. The topological polar surface area (TPSA) is 98.0 Å². The highest BCUT2D eigenvalue weighted by Crippen LogP contribution is 2.48. The molecule has 0 aromatic carbocycles. The van der Waals surface area contributed by atoms with Crippen molar-refractivity contribution in [2.75, 3.05) is 5.32 Å². The van der Waals surface area contributed by atoms with Gasteiger partial charge in [-0.2, -0.15) is 13.5 Å². The highest BCUT2D eigenvalue weighted by atomic mass is 32.2. The Kier molecular flexibility index (Phi) is 5.63. The lowest BCUT2D eigenvalue weighted by Gasteiger charge is -2.24. The Balaban J connectivity index is 0.00000208. The van der Waals surface area contributed by atoms with Crippen molar-refractivity contribution in [3.63, 3.8) is 0 Å². The molecule has 3 rings (SSSR count). The van der Waals surface area contributed by atoms with E-state index in [0.29, 0.717) is 22.7 Å². The van der Waals surface area contributed by atoms with Gasteiger partial charge in [0.05, 0.1) is 22.5 Å². The van der Waals surface area contributed by atoms with Crippen LogP contribution in [-0.4, -0.2) is 21.8 Å². The number of allylic oxidation sites excluding steroid dienone is 1. The first-order valence-corrected chi connectivity index (χ1v) is 7.75. The first kappa shape index (κ1) is 18.0. The summed E-state index contributed by atoms with van der Waals surface area (Å²) in [7, 11) is 0. The summed E-state index contributed by atoms with van der Waals surface area (Å²) in [5.74, 6) is -0.802. The maximum atomic E-state index is 12.4. The summed E-state index contributed by atoms with van der Waals surface area (Å²) >= 11 is 1.14. The van der Waals surface area contributed by atoms with E-state index in [2.05, 4.69) is 15.3 Å². The Bertz CT molecular complexity index is 768. The van der Waals surface area contributed by atoms with Gasteiger partial charge in [-0.3, -0.25) is 19.6 Å². The van der Waals surface area contributed by atoms with Crippen molar-refractivity contribution in [3.8, 4) is 0 Å². The van der Waals surface area contributed by atoms with E-state index in [9.17, 15) is 9.59 Å². The quantitative estimate of drug-likeness (QED) is 0.868. The largest absolute Gasteiger partial charge is 0.368 e. The van der Waals surface area contributed by atoms with E-state index in [1.54, 1.807) is 55.0 Å². The molecule has 0 saturated carbocycles. The van der Waals surface area contributed by atoms with Crippen LogP contribution >= 0.6 is 25.3 Å². The zero-order valence-corrected chi connectivity index (χ0v) is 14.4. The average Bonchev–Trinajstić information content (AvgIpc) is 3.03. The molecule has 124 valence electrons. The number of nitrogens with two attached hydrogens (primary N) is 1. The number of hydrogen-bond acceptors (Lipinski definition) is 5. The molecule has 0 saturated heterocycles. The molecule has 6 nitrogen and oxygen atoms in total. The molecule has 3 N–H and O–H groups in total. The SMILES string of the molecule is NC(=O)C1(c2ccccn2)CC=C(C(=O)Nc2cccnc2)S1.S. The zero-order chi connectivity index (χ0) is 16.3. The summed E-state index contributed by atoms with van der Waals surface area (Å²) in [6.45, 7) is 0. The standard InChI is InChI=1S/C16H14N4O2S.H2S/c17-15(22)16(13-5-1-2-9-19-13)7-6-12(23-16)14(21)20-11-4-3-8-18-10-11;/h1-6,8-10H,7H2,(H2,17,22)(H,20,21);1H2. The number of anilines is 1. The minimum atomic E-state index is -1.04. The van der Waals surface area contributed by atoms with Gasteiger partial charge >= 0.3 is 0 Å². The molecule has 1 unspecified atom stereocenters. The molecule has 3 heterocycles. The maximum absolute atomic E-state index is 12.4. The third-order valence-electron chi connectivity index (χ3n) is 3.48. The smallest absolute Gasteiger partial charge is 0.261 e. The normalized spacial score (nSPS) is 19.1. The minimum absolute atomic E-state index is 0. The number of amides is 2. The van der Waals surface area contributed by atoms with Crippen LogP contribution in [0, 0.1) is 0 Å². The van der Waals surface area contributed by atoms with E-state index in [1.807, 2.05) is 0 Å². The van der Waals surface area contributed by atoms with Crippen LogP contribution in [0.1, 0.15) is 12.1 Å². The average molecular weight is 360 g/mol. The number of pyridine rings is 2. The second-order valence-electron chi connectivity index (χ2n) is 4.98. The van der Waals surface area contributed by atoms with Gasteiger partial charge in [0.15, 0.2) is 0 Å². The molecule has 0 radical (unpaired) electrons. The van der Waals surface area contributed by atoms with Crippen molar-refractivity contribution < 1.29 is 9.59 Å². The van der Waals surface area contributed by atoms with E-state index in [4.69, 9.17) is 5.73 Å². The molecule has 1 aliphatic heterocycles. The van der Waals surface area contributed by atoms with Gasteiger partial charge in [-0.25, -0.2) is 0 Å². The fourth-order valence-electron chi connectivity index (χ4n) is 2.31. The minimum Gasteiger partial charge on any atom is -0.368 e. The Labute approximate surface area is 150 Å². The number of carbonyl (C=O) groups excluding carboxylic acids is 2. The van der Waals surface area contributed by atoms with Crippen LogP contribution < -0.4 is 11.1 Å². The van der Waals surface area contributed by atoms with Crippen LogP contribution in [0.25, 0.3) is 0 Å². The molecule has 1 atom stereocenters. The van der Waals surface area contributed by atoms with Crippen molar-refractivity contribution in [2.24, 2.45) is 5.73 Å². The molecule has 1 aliphatic rings. The second kappa shape index (κ2) is 7.50. The highest BCUT2D eigenvalue weighted by Gasteiger charge is 2.45. The molecule has 0 spiro atoms. The summed E-state index contributed by atoms with van der Waals surface area (Å²) in [6, 6.07) is 8.77. The monoisotopic (exact) mass is 360 g/mol. The van der Waals surface area contributed by atoms with E-state index >= 15 is 0 Å². The number of hydrogen-bond donors (Lipinski definition) is 2. The zero-order valence-electron chi connectivity index (χ0n) is 12.6. The number of thioether (sulfide) groups is 1. The van der Waals surface area contributed by atoms with Crippen molar-refractivity contribution in [1.29, 1.82) is 0 Å². The van der Waals surface area contributed by atoms with Crippen LogP contribution in [-0.2, 0) is 14.3 Å². The Morgan fingerprint density at radius 1 is 1.21 bits per heavy atom. The predicted molar refractivity (Wildman–Crippen MR) is 98.6 cm³/mol. The molecule has 0 fully saturated rings. The summed E-state index contributed by atoms with van der Waals surface area (Å²) in [6.07, 6.45) is 6.83. The second-order valence-corrected chi connectivity index (χ2v) is 6.32. The summed E-state index contributed by atoms with van der Waals surface area (Å²) in [5, 5.41) is 2.75. The predicted octanol–water partition coefficient (Wildman–Crippen LogP) is 1.93. The number of aromatic nitrogens is 2. The lowest BCUT2D eigenvalue weighted by Crippen LogP contribution is -2.37. The molecular weight excluding hydrogens is 344 g/mol. The maximum Gasteiger partial charge on any atom is 0.261 e. The first-order chi connectivity index (χ1) is 11.1. The van der Waals surface area contributed by atoms with Crippen molar-refractivity contribution in [3.05, 3.63) is 65.6 Å². The Hall–Kier alpha value is -2.32. The molecule has 24 heavy (non-hydrogen) atoms. The highest BCUT2D eigenvalue weighted by molar-refractivity contribution is 8.05. The van der Waals surface area contributed by atoms with E-state index < -0.39 is 10.7 Å². The van der Waals surface area contributed by atoms with Crippen molar-refractivity contribution in [2.45, 2.75) is 11.2 Å². The van der Waals surface area contributed by atoms with Gasteiger partial charge in [-0.1, -0.05) is 23.9 Å². The van der Waals surface area contributed by atoms with Gasteiger partial charge in [-0.15, -0.1) is 0 Å². The number of carbonyl (C=O) groups is 2. The third-order valence-corrected chi connectivity index (χ3v) is 4.98. The lowest BCUT2D eigenvalue weighted by atomic mass is 9.99. The summed E-state index contributed by atoms with van der Waals surface area (Å²) < 4.78 is -1.04. The first-order valence-electron chi connectivity index (χ1n) is 6.94. The Morgan fingerprint density at radius 3 is 2.67 bits per heavy atom. The molecule has 2 aromatic rings. The van der Waals surface area contributed by atoms with Crippen LogP contribution in [0.4, 0.5) is 5.69 Å². The molecule has 0 bridgehead atoms. The van der Waals surface area contributed by atoms with Gasteiger partial charge in [0.25, 0.3) is 5.91 Å². The van der Waals surface area contributed by atoms with Gasteiger partial charge in [-0.05, 0) is 30.7 Å². The van der Waals surface area contributed by atoms with Crippen LogP contribution in [0.5, 0.6) is 0 Å². The summed E-state index contributed by atoms with van der Waals surface area (Å²) in [5.41, 5.74) is 6.75. The van der Waals surface area contributed by atoms with Gasteiger partial charge < -0.3 is 11.1 Å². The number of rotatable bonds is 4. The number of nitrogens with zero attached hydrogens (tertiary/aromatic N) is 2. The fraction of sp³-hybridized carbons (Fsp3) is 0.125. The fourth-order valence-corrected chi connectivity index (χ4v) is 3.49. The molecule has 0 aliphatic carbocycles. The van der Waals surface area contributed by atoms with Crippen LogP contribution in [0.15, 0.2) is 59.9 Å². The van der Waals surface area contributed by atoms with E-state index in [1.165, 1.54) is 0 Å². The molecule has 2 amide bonds. The molecule has 8 heteroatoms.